The predicted octanol–water partition coefficient (Wildman–Crippen LogP) is 4.79. The van der Waals surface area contributed by atoms with Crippen LogP contribution in [0.15, 0.2) is 36.7 Å². The van der Waals surface area contributed by atoms with Gasteiger partial charge in [-0.1, -0.05) is 6.07 Å². The second kappa shape index (κ2) is 6.83. The van der Waals surface area contributed by atoms with Crippen LogP contribution in [0.2, 0.25) is 0 Å². The summed E-state index contributed by atoms with van der Waals surface area (Å²) >= 11 is 1.60. The summed E-state index contributed by atoms with van der Waals surface area (Å²) in [4.78, 5) is 12.1. The average Bonchev–Trinajstić information content (AvgIpc) is 2.55. The third-order valence-corrected chi connectivity index (χ3v) is 3.95. The van der Waals surface area contributed by atoms with Crippen LogP contribution in [-0.4, -0.2) is 21.2 Å². The van der Waals surface area contributed by atoms with E-state index < -0.39 is 17.6 Å². The first-order valence-corrected chi connectivity index (χ1v) is 8.51. The van der Waals surface area contributed by atoms with Crippen LogP contribution in [0.4, 0.5) is 29.2 Å². The first-order valence-electron chi connectivity index (χ1n) is 7.12. The first-order chi connectivity index (χ1) is 11.9. The number of alkyl halides is 3. The van der Waals surface area contributed by atoms with E-state index >= 15 is 0 Å². The molecule has 3 rings (SSSR count). The molecule has 0 saturated heterocycles. The molecule has 0 fully saturated rings. The van der Waals surface area contributed by atoms with Crippen LogP contribution in [-0.2, 0) is 11.9 Å². The van der Waals surface area contributed by atoms with Gasteiger partial charge in [-0.3, -0.25) is 4.98 Å². The van der Waals surface area contributed by atoms with E-state index in [9.17, 15) is 17.6 Å². The maximum atomic E-state index is 14.2. The van der Waals surface area contributed by atoms with Crippen LogP contribution in [0, 0.1) is 5.82 Å². The lowest BCUT2D eigenvalue weighted by atomic mass is 10.1. The molecule has 1 aromatic carbocycles. The van der Waals surface area contributed by atoms with Crippen LogP contribution in [0.3, 0.4) is 0 Å². The molecule has 0 bridgehead atoms. The number of benzene rings is 1. The standard InChI is InChI=1S/C16H12F4N4S/c1-25-8-11-6-10(4-5-21-11)23-15-22-7-9-2-3-12(16(18,19)20)13(17)14(9)24-15/h2-7H,8H2,1H3,(H,21,22,23,24). The van der Waals surface area contributed by atoms with Gasteiger partial charge in [0.15, 0.2) is 5.82 Å². The summed E-state index contributed by atoms with van der Waals surface area (Å²) in [5.41, 5.74) is -0.295. The van der Waals surface area contributed by atoms with Crippen molar-refractivity contribution in [1.29, 1.82) is 0 Å². The van der Waals surface area contributed by atoms with Crippen LogP contribution >= 0.6 is 11.8 Å². The summed E-state index contributed by atoms with van der Waals surface area (Å²) in [5, 5.41) is 3.05. The summed E-state index contributed by atoms with van der Waals surface area (Å²) in [5.74, 6) is -0.697. The quantitative estimate of drug-likeness (QED) is 0.671. The highest BCUT2D eigenvalue weighted by Gasteiger charge is 2.35. The van der Waals surface area contributed by atoms with E-state index in [-0.39, 0.29) is 16.9 Å². The fourth-order valence-electron chi connectivity index (χ4n) is 2.25. The number of fused-ring (bicyclic) bond motifs is 1. The zero-order chi connectivity index (χ0) is 18.0. The van der Waals surface area contributed by atoms with E-state index in [1.165, 1.54) is 6.20 Å². The van der Waals surface area contributed by atoms with Gasteiger partial charge in [0.2, 0.25) is 5.95 Å². The number of hydrogen-bond acceptors (Lipinski definition) is 5. The van der Waals surface area contributed by atoms with Crippen molar-refractivity contribution in [3.05, 3.63) is 53.7 Å². The fraction of sp³-hybridized carbons (Fsp3) is 0.188. The third-order valence-electron chi connectivity index (χ3n) is 3.36. The Morgan fingerprint density at radius 1 is 1.16 bits per heavy atom. The fourth-order valence-corrected chi connectivity index (χ4v) is 2.71. The Kier molecular flexibility index (Phi) is 4.76. The lowest BCUT2D eigenvalue weighted by molar-refractivity contribution is -0.139. The molecule has 0 aliphatic carbocycles. The molecule has 0 unspecified atom stereocenters. The van der Waals surface area contributed by atoms with Gasteiger partial charge in [0.1, 0.15) is 5.52 Å². The number of hydrogen-bond donors (Lipinski definition) is 1. The predicted molar refractivity (Wildman–Crippen MR) is 89.2 cm³/mol. The highest BCUT2D eigenvalue weighted by molar-refractivity contribution is 7.97. The van der Waals surface area contributed by atoms with E-state index in [1.54, 1.807) is 30.1 Å². The van der Waals surface area contributed by atoms with Gasteiger partial charge in [0.25, 0.3) is 0 Å². The molecule has 4 nitrogen and oxygen atoms in total. The van der Waals surface area contributed by atoms with Gasteiger partial charge in [-0.05, 0) is 24.5 Å². The molecule has 3 aromatic rings. The Balaban J connectivity index is 1.98. The van der Waals surface area contributed by atoms with Crippen molar-refractivity contribution in [2.75, 3.05) is 11.6 Å². The molecule has 0 amide bonds. The van der Waals surface area contributed by atoms with Crippen molar-refractivity contribution in [3.63, 3.8) is 0 Å². The van der Waals surface area contributed by atoms with Crippen molar-refractivity contribution in [3.8, 4) is 0 Å². The smallest absolute Gasteiger partial charge is 0.324 e. The normalized spacial score (nSPS) is 11.7. The van der Waals surface area contributed by atoms with Gasteiger partial charge < -0.3 is 5.32 Å². The monoisotopic (exact) mass is 368 g/mol. The second-order valence-corrected chi connectivity index (χ2v) is 6.02. The minimum Gasteiger partial charge on any atom is -0.324 e. The number of aromatic nitrogens is 3. The average molecular weight is 368 g/mol. The van der Waals surface area contributed by atoms with Crippen molar-refractivity contribution in [2.45, 2.75) is 11.9 Å². The molecule has 0 radical (unpaired) electrons. The highest BCUT2D eigenvalue weighted by Crippen LogP contribution is 2.34. The Morgan fingerprint density at radius 3 is 2.68 bits per heavy atom. The maximum absolute atomic E-state index is 14.2. The molecule has 9 heteroatoms. The summed E-state index contributed by atoms with van der Waals surface area (Å²) in [7, 11) is 0. The molecule has 0 saturated carbocycles. The number of halogens is 4. The lowest BCUT2D eigenvalue weighted by Crippen LogP contribution is -2.09. The molecule has 1 N–H and O–H groups in total. The Bertz CT molecular complexity index is 914. The number of pyridine rings is 1. The lowest BCUT2D eigenvalue weighted by Gasteiger charge is -2.11. The summed E-state index contributed by atoms with van der Waals surface area (Å²) in [6, 6.07) is 5.27. The zero-order valence-electron chi connectivity index (χ0n) is 12.9. The van der Waals surface area contributed by atoms with Crippen molar-refractivity contribution in [1.82, 2.24) is 15.0 Å². The van der Waals surface area contributed by atoms with Crippen LogP contribution in [0.5, 0.6) is 0 Å². The first kappa shape index (κ1) is 17.4. The molecular weight excluding hydrogens is 356 g/mol. The highest BCUT2D eigenvalue weighted by atomic mass is 32.2. The number of nitrogens with one attached hydrogen (secondary N) is 1. The molecule has 25 heavy (non-hydrogen) atoms. The number of thioether (sulfide) groups is 1. The van der Waals surface area contributed by atoms with E-state index in [2.05, 4.69) is 20.3 Å². The van der Waals surface area contributed by atoms with Crippen molar-refractivity contribution in [2.24, 2.45) is 0 Å². The van der Waals surface area contributed by atoms with E-state index in [0.29, 0.717) is 17.5 Å². The maximum Gasteiger partial charge on any atom is 0.419 e. The number of nitrogens with zero attached hydrogens (tertiary/aromatic N) is 3. The molecule has 0 atom stereocenters. The van der Waals surface area contributed by atoms with Gasteiger partial charge >= 0.3 is 6.18 Å². The van der Waals surface area contributed by atoms with E-state index in [1.807, 2.05) is 6.26 Å². The zero-order valence-corrected chi connectivity index (χ0v) is 13.7. The summed E-state index contributed by atoms with van der Waals surface area (Å²) in [6.45, 7) is 0. The largest absolute Gasteiger partial charge is 0.419 e. The summed E-state index contributed by atoms with van der Waals surface area (Å²) in [6.07, 6.45) is 0.0268. The molecule has 0 spiro atoms. The van der Waals surface area contributed by atoms with Crippen LogP contribution < -0.4 is 5.32 Å². The topological polar surface area (TPSA) is 50.7 Å². The number of rotatable bonds is 4. The van der Waals surface area contributed by atoms with Crippen molar-refractivity contribution < 1.29 is 17.6 Å². The molecule has 130 valence electrons. The minimum atomic E-state index is -4.78. The van der Waals surface area contributed by atoms with Gasteiger partial charge in [0.05, 0.1) is 11.3 Å². The Morgan fingerprint density at radius 2 is 1.96 bits per heavy atom. The van der Waals surface area contributed by atoms with Gasteiger partial charge in [-0.2, -0.15) is 24.9 Å². The molecular formula is C16H12F4N4S. The minimum absolute atomic E-state index is 0.00651. The summed E-state index contributed by atoms with van der Waals surface area (Å²) < 4.78 is 52.7. The van der Waals surface area contributed by atoms with Gasteiger partial charge in [-0.25, -0.2) is 14.4 Å². The van der Waals surface area contributed by atoms with Gasteiger partial charge in [0, 0.05) is 29.2 Å². The second-order valence-electron chi connectivity index (χ2n) is 5.15. The van der Waals surface area contributed by atoms with Gasteiger partial charge in [-0.15, -0.1) is 0 Å². The SMILES string of the molecule is CSCc1cc(Nc2ncc3ccc(C(F)(F)F)c(F)c3n2)ccn1. The molecule has 2 aromatic heterocycles. The van der Waals surface area contributed by atoms with E-state index in [4.69, 9.17) is 0 Å². The van der Waals surface area contributed by atoms with Crippen LogP contribution in [0.1, 0.15) is 11.3 Å². The Labute approximate surface area is 144 Å². The van der Waals surface area contributed by atoms with Crippen molar-refractivity contribution >= 4 is 34.3 Å². The van der Waals surface area contributed by atoms with Crippen LogP contribution in [0.25, 0.3) is 10.9 Å². The molecule has 0 aliphatic rings. The molecule has 0 aliphatic heterocycles. The molecule has 2 heterocycles. The Hall–Kier alpha value is -2.42. The van der Waals surface area contributed by atoms with E-state index in [0.717, 1.165) is 11.8 Å². The number of anilines is 2. The third kappa shape index (κ3) is 3.81.